The third-order valence-electron chi connectivity index (χ3n) is 2.76. The van der Waals surface area contributed by atoms with Crippen molar-refractivity contribution in [2.45, 2.75) is 0 Å². The molecule has 1 N–H and O–H groups in total. The van der Waals surface area contributed by atoms with Crippen molar-refractivity contribution in [3.05, 3.63) is 81.2 Å². The summed E-state index contributed by atoms with van der Waals surface area (Å²) >= 11 is 0. The van der Waals surface area contributed by atoms with Gasteiger partial charge in [-0.2, -0.15) is 0 Å². The van der Waals surface area contributed by atoms with Gasteiger partial charge in [0.25, 0.3) is 5.09 Å². The number of nitrogens with zero attached hydrogens (tertiary/aromatic N) is 1. The van der Waals surface area contributed by atoms with Gasteiger partial charge >= 0.3 is 0 Å². The van der Waals surface area contributed by atoms with E-state index in [2.05, 4.69) is 0 Å². The Morgan fingerprint density at radius 3 is 2.24 bits per heavy atom. The highest BCUT2D eigenvalue weighted by Gasteiger charge is 2.07. The standard InChI is InChI=1S/C15H10O2.HNO3/c16-15-12-8-4-5-9-14(12)17-10-13(15)11-6-2-1-3-7-11;2-1(3)4/h1-10H;(H,2,3,4). The molecule has 21 heavy (non-hydrogen) atoms. The van der Waals surface area contributed by atoms with E-state index in [0.717, 1.165) is 5.56 Å². The second-order valence-electron chi connectivity index (χ2n) is 4.08. The zero-order valence-corrected chi connectivity index (χ0v) is 10.8. The van der Waals surface area contributed by atoms with Crippen LogP contribution in [0.1, 0.15) is 0 Å². The summed E-state index contributed by atoms with van der Waals surface area (Å²) in [5.74, 6) is 0. The van der Waals surface area contributed by atoms with Crippen molar-refractivity contribution in [3.8, 4) is 11.1 Å². The van der Waals surface area contributed by atoms with Crippen molar-refractivity contribution in [3.63, 3.8) is 0 Å². The Morgan fingerprint density at radius 1 is 1.00 bits per heavy atom. The predicted molar refractivity (Wildman–Crippen MR) is 76.7 cm³/mol. The topological polar surface area (TPSA) is 93.6 Å². The van der Waals surface area contributed by atoms with Crippen LogP contribution in [0.4, 0.5) is 0 Å². The van der Waals surface area contributed by atoms with E-state index in [9.17, 15) is 4.79 Å². The zero-order valence-electron chi connectivity index (χ0n) is 10.8. The molecule has 0 saturated carbocycles. The molecule has 0 radical (unpaired) electrons. The number of fused-ring (bicyclic) bond motifs is 1. The minimum Gasteiger partial charge on any atom is -0.463 e. The minimum absolute atomic E-state index is 0.0121. The second kappa shape index (κ2) is 6.33. The van der Waals surface area contributed by atoms with Gasteiger partial charge in [-0.1, -0.05) is 42.5 Å². The van der Waals surface area contributed by atoms with Gasteiger partial charge in [0.1, 0.15) is 11.8 Å². The van der Waals surface area contributed by atoms with Crippen molar-refractivity contribution in [1.29, 1.82) is 0 Å². The Labute approximate surface area is 119 Å². The number of benzene rings is 2. The molecule has 2 aromatic carbocycles. The molecule has 0 unspecified atom stereocenters. The minimum atomic E-state index is -1.50. The molecular formula is C15H11NO5. The van der Waals surface area contributed by atoms with E-state index in [1.165, 1.54) is 6.26 Å². The van der Waals surface area contributed by atoms with E-state index in [-0.39, 0.29) is 5.43 Å². The largest absolute Gasteiger partial charge is 0.463 e. The predicted octanol–water partition coefficient (Wildman–Crippen LogP) is 3.11. The Bertz CT molecular complexity index is 807. The number of rotatable bonds is 1. The lowest BCUT2D eigenvalue weighted by atomic mass is 10.1. The first-order chi connectivity index (χ1) is 10.1. The molecule has 0 atom stereocenters. The van der Waals surface area contributed by atoms with Gasteiger partial charge in [0.2, 0.25) is 0 Å². The normalized spacial score (nSPS) is 9.71. The highest BCUT2D eigenvalue weighted by molar-refractivity contribution is 5.81. The van der Waals surface area contributed by atoms with Gasteiger partial charge in [-0.25, -0.2) is 0 Å². The first kappa shape index (κ1) is 14.3. The molecule has 0 bridgehead atoms. The summed E-state index contributed by atoms with van der Waals surface area (Å²) in [5, 5.41) is 14.3. The highest BCUT2D eigenvalue weighted by atomic mass is 16.9. The second-order valence-corrected chi connectivity index (χ2v) is 4.08. The fourth-order valence-electron chi connectivity index (χ4n) is 1.89. The van der Waals surface area contributed by atoms with E-state index < -0.39 is 5.09 Å². The summed E-state index contributed by atoms with van der Waals surface area (Å²) in [6.45, 7) is 0. The van der Waals surface area contributed by atoms with Gasteiger partial charge in [0.05, 0.1) is 10.9 Å². The molecule has 0 amide bonds. The summed E-state index contributed by atoms with van der Waals surface area (Å²) in [7, 11) is 0. The summed E-state index contributed by atoms with van der Waals surface area (Å²) in [4.78, 5) is 20.6. The molecule has 0 saturated heterocycles. The number of hydrogen-bond acceptors (Lipinski definition) is 4. The van der Waals surface area contributed by atoms with Gasteiger partial charge in [-0.15, -0.1) is 10.1 Å². The van der Waals surface area contributed by atoms with Gasteiger partial charge in [0, 0.05) is 0 Å². The Kier molecular flexibility index (Phi) is 4.30. The van der Waals surface area contributed by atoms with E-state index in [0.29, 0.717) is 16.5 Å². The summed E-state index contributed by atoms with van der Waals surface area (Å²) in [5.41, 5.74) is 2.12. The van der Waals surface area contributed by atoms with Crippen molar-refractivity contribution >= 4 is 11.0 Å². The third kappa shape index (κ3) is 3.44. The van der Waals surface area contributed by atoms with Crippen LogP contribution in [0.3, 0.4) is 0 Å². The average Bonchev–Trinajstić information content (AvgIpc) is 2.48. The van der Waals surface area contributed by atoms with E-state index in [1.807, 2.05) is 42.5 Å². The maximum Gasteiger partial charge on any atom is 0.291 e. The zero-order chi connectivity index (χ0) is 15.2. The van der Waals surface area contributed by atoms with Crippen molar-refractivity contribution in [2.24, 2.45) is 0 Å². The Morgan fingerprint density at radius 2 is 1.57 bits per heavy atom. The first-order valence-electron chi connectivity index (χ1n) is 5.99. The quantitative estimate of drug-likeness (QED) is 0.547. The van der Waals surface area contributed by atoms with Crippen LogP contribution in [0.15, 0.2) is 70.1 Å². The molecule has 1 aromatic heterocycles. The molecule has 6 nitrogen and oxygen atoms in total. The third-order valence-corrected chi connectivity index (χ3v) is 2.76. The van der Waals surface area contributed by atoms with Crippen LogP contribution in [0, 0.1) is 10.1 Å². The number of para-hydroxylation sites is 1. The maximum absolute atomic E-state index is 12.3. The van der Waals surface area contributed by atoms with Crippen molar-refractivity contribution in [1.82, 2.24) is 0 Å². The molecule has 6 heteroatoms. The lowest BCUT2D eigenvalue weighted by molar-refractivity contribution is -0.742. The van der Waals surface area contributed by atoms with E-state index in [4.69, 9.17) is 19.7 Å². The van der Waals surface area contributed by atoms with Crippen LogP contribution >= 0.6 is 0 Å². The summed E-state index contributed by atoms with van der Waals surface area (Å²) in [6, 6.07) is 16.8. The van der Waals surface area contributed by atoms with Gasteiger partial charge < -0.3 is 9.62 Å². The molecule has 106 valence electrons. The molecule has 0 fully saturated rings. The van der Waals surface area contributed by atoms with Gasteiger partial charge in [-0.3, -0.25) is 4.79 Å². The van der Waals surface area contributed by atoms with Gasteiger partial charge in [-0.05, 0) is 17.7 Å². The lowest BCUT2D eigenvalue weighted by Gasteiger charge is -2.01. The summed E-state index contributed by atoms with van der Waals surface area (Å²) < 4.78 is 5.48. The first-order valence-corrected chi connectivity index (χ1v) is 5.99. The van der Waals surface area contributed by atoms with Crippen molar-refractivity contribution < 1.29 is 14.7 Å². The van der Waals surface area contributed by atoms with Crippen LogP contribution in [0.25, 0.3) is 22.1 Å². The van der Waals surface area contributed by atoms with Crippen LogP contribution in [0.2, 0.25) is 0 Å². The molecule has 3 rings (SSSR count). The fourth-order valence-corrected chi connectivity index (χ4v) is 1.89. The van der Waals surface area contributed by atoms with Crippen molar-refractivity contribution in [2.75, 3.05) is 0 Å². The monoisotopic (exact) mass is 285 g/mol. The van der Waals surface area contributed by atoms with Crippen LogP contribution in [-0.2, 0) is 0 Å². The summed E-state index contributed by atoms with van der Waals surface area (Å²) in [6.07, 6.45) is 1.53. The Balaban J connectivity index is 0.000000361. The lowest BCUT2D eigenvalue weighted by Crippen LogP contribution is -2.04. The number of hydrogen-bond donors (Lipinski definition) is 1. The molecular weight excluding hydrogens is 274 g/mol. The molecule has 0 spiro atoms. The average molecular weight is 285 g/mol. The van der Waals surface area contributed by atoms with Crippen LogP contribution in [0.5, 0.6) is 0 Å². The molecule has 0 aliphatic heterocycles. The fraction of sp³-hybridized carbons (Fsp3) is 0. The van der Waals surface area contributed by atoms with Crippen LogP contribution in [-0.4, -0.2) is 10.3 Å². The van der Waals surface area contributed by atoms with Crippen LogP contribution < -0.4 is 5.43 Å². The van der Waals surface area contributed by atoms with Gasteiger partial charge in [0.15, 0.2) is 5.43 Å². The molecule has 1 heterocycles. The smallest absolute Gasteiger partial charge is 0.291 e. The molecule has 0 aliphatic rings. The maximum atomic E-state index is 12.3. The SMILES string of the molecule is O=[N+]([O-])O.O=c1c(-c2ccccc2)coc2ccccc12. The van der Waals surface area contributed by atoms with E-state index >= 15 is 0 Å². The molecule has 3 aromatic rings. The Hall–Kier alpha value is -3.15. The van der Waals surface area contributed by atoms with E-state index in [1.54, 1.807) is 12.1 Å². The molecule has 0 aliphatic carbocycles. The highest BCUT2D eigenvalue weighted by Crippen LogP contribution is 2.18.